The maximum Gasteiger partial charge on any atom is 0.149 e. The van der Waals surface area contributed by atoms with Crippen LogP contribution < -0.4 is 11.1 Å². The zero-order valence-corrected chi connectivity index (χ0v) is 11.4. The van der Waals surface area contributed by atoms with E-state index in [0.29, 0.717) is 0 Å². The first-order valence-electron chi connectivity index (χ1n) is 6.80. The number of anilines is 2. The molecule has 0 radical (unpaired) electrons. The lowest BCUT2D eigenvalue weighted by molar-refractivity contribution is 0.215. The van der Waals surface area contributed by atoms with Gasteiger partial charge in [-0.1, -0.05) is 0 Å². The first-order chi connectivity index (χ1) is 8.65. The number of rotatable bonds is 4. The number of nitrogens with zero attached hydrogens (tertiary/aromatic N) is 2. The van der Waals surface area contributed by atoms with Crippen LogP contribution in [0.15, 0.2) is 12.1 Å². The summed E-state index contributed by atoms with van der Waals surface area (Å²) in [5.41, 5.74) is 7.64. The van der Waals surface area contributed by atoms with E-state index in [-0.39, 0.29) is 0 Å². The molecule has 2 rings (SSSR count). The Morgan fingerprint density at radius 1 is 1.39 bits per heavy atom. The van der Waals surface area contributed by atoms with Gasteiger partial charge in [0.25, 0.3) is 0 Å². The molecule has 4 heteroatoms. The van der Waals surface area contributed by atoms with E-state index in [1.165, 1.54) is 32.4 Å². The summed E-state index contributed by atoms with van der Waals surface area (Å²) in [6.07, 6.45) is 3.84. The van der Waals surface area contributed by atoms with Gasteiger partial charge in [-0.3, -0.25) is 0 Å². The third kappa shape index (κ3) is 3.60. The number of piperidine rings is 1. The molecule has 0 aliphatic carbocycles. The molecule has 1 fully saturated rings. The number of aromatic nitrogens is 1. The van der Waals surface area contributed by atoms with Crippen molar-refractivity contribution in [3.05, 3.63) is 17.8 Å². The highest BCUT2D eigenvalue weighted by Crippen LogP contribution is 2.20. The minimum Gasteiger partial charge on any atom is -0.396 e. The molecule has 1 saturated heterocycles. The fraction of sp³-hybridized carbons (Fsp3) is 0.643. The summed E-state index contributed by atoms with van der Waals surface area (Å²) in [7, 11) is 2.20. The third-order valence-corrected chi connectivity index (χ3v) is 3.75. The molecule has 1 aromatic rings. The highest BCUT2D eigenvalue weighted by Gasteiger charge is 2.16. The molecule has 4 nitrogen and oxygen atoms in total. The van der Waals surface area contributed by atoms with Gasteiger partial charge < -0.3 is 16.0 Å². The number of pyridine rings is 1. The van der Waals surface area contributed by atoms with E-state index in [9.17, 15) is 0 Å². The van der Waals surface area contributed by atoms with Gasteiger partial charge in [0.05, 0.1) is 5.69 Å². The van der Waals surface area contributed by atoms with E-state index >= 15 is 0 Å². The third-order valence-electron chi connectivity index (χ3n) is 3.75. The largest absolute Gasteiger partial charge is 0.396 e. The molecule has 0 aromatic carbocycles. The highest BCUT2D eigenvalue weighted by atomic mass is 15.1. The summed E-state index contributed by atoms with van der Waals surface area (Å²) in [6.45, 7) is 5.42. The minimum atomic E-state index is 0.740. The molecule has 0 atom stereocenters. The molecular formula is C14H24N4. The average molecular weight is 248 g/mol. The van der Waals surface area contributed by atoms with E-state index in [1.54, 1.807) is 0 Å². The van der Waals surface area contributed by atoms with Gasteiger partial charge in [-0.05, 0) is 64.4 Å². The predicted octanol–water partition coefficient (Wildman–Crippen LogP) is 2.12. The van der Waals surface area contributed by atoms with Crippen LogP contribution >= 0.6 is 0 Å². The Labute approximate surface area is 110 Å². The quantitative estimate of drug-likeness (QED) is 0.857. The van der Waals surface area contributed by atoms with Gasteiger partial charge in [-0.25, -0.2) is 4.98 Å². The normalized spacial score (nSPS) is 17.9. The number of nitrogen functional groups attached to an aromatic ring is 1. The maximum atomic E-state index is 5.90. The van der Waals surface area contributed by atoms with Crippen molar-refractivity contribution < 1.29 is 0 Å². The molecule has 0 bridgehead atoms. The fourth-order valence-corrected chi connectivity index (χ4v) is 2.45. The second-order valence-electron chi connectivity index (χ2n) is 5.35. The molecule has 0 amide bonds. The van der Waals surface area contributed by atoms with E-state index in [0.717, 1.165) is 29.7 Å². The van der Waals surface area contributed by atoms with Crippen LogP contribution in [-0.2, 0) is 0 Å². The predicted molar refractivity (Wildman–Crippen MR) is 76.7 cm³/mol. The maximum absolute atomic E-state index is 5.90. The second kappa shape index (κ2) is 6.05. The summed E-state index contributed by atoms with van der Waals surface area (Å²) in [6, 6.07) is 3.86. The van der Waals surface area contributed by atoms with Crippen molar-refractivity contribution >= 4 is 11.5 Å². The van der Waals surface area contributed by atoms with E-state index in [1.807, 2.05) is 19.1 Å². The fourth-order valence-electron chi connectivity index (χ4n) is 2.45. The number of nitrogens with two attached hydrogens (primary N) is 1. The molecule has 100 valence electrons. The van der Waals surface area contributed by atoms with Crippen LogP contribution in [0.2, 0.25) is 0 Å². The minimum absolute atomic E-state index is 0.740. The average Bonchev–Trinajstić information content (AvgIpc) is 2.36. The monoisotopic (exact) mass is 248 g/mol. The smallest absolute Gasteiger partial charge is 0.149 e. The van der Waals surface area contributed by atoms with Crippen molar-refractivity contribution in [2.24, 2.45) is 5.92 Å². The van der Waals surface area contributed by atoms with Crippen LogP contribution in [-0.4, -0.2) is 36.6 Å². The van der Waals surface area contributed by atoms with E-state index < -0.39 is 0 Å². The Bertz CT molecular complexity index is 383. The topological polar surface area (TPSA) is 54.2 Å². The summed E-state index contributed by atoms with van der Waals surface area (Å²) >= 11 is 0. The SMILES string of the molecule is Cc1ccc(N)c(NCCC2CCN(C)CC2)n1. The van der Waals surface area contributed by atoms with Crippen LogP contribution in [0.1, 0.15) is 25.0 Å². The molecular weight excluding hydrogens is 224 g/mol. The van der Waals surface area contributed by atoms with Crippen LogP contribution in [0.4, 0.5) is 11.5 Å². The van der Waals surface area contributed by atoms with Gasteiger partial charge in [0.1, 0.15) is 5.82 Å². The lowest BCUT2D eigenvalue weighted by atomic mass is 9.94. The van der Waals surface area contributed by atoms with Crippen molar-refractivity contribution in [3.8, 4) is 0 Å². The second-order valence-corrected chi connectivity index (χ2v) is 5.35. The lowest BCUT2D eigenvalue weighted by Gasteiger charge is -2.28. The Balaban J connectivity index is 1.76. The standard InChI is InChI=1S/C14H24N4/c1-11-3-4-13(15)14(17-11)16-8-5-12-6-9-18(2)10-7-12/h3-4,12H,5-10,15H2,1-2H3,(H,16,17). The van der Waals surface area contributed by atoms with Crippen molar-refractivity contribution in [1.82, 2.24) is 9.88 Å². The lowest BCUT2D eigenvalue weighted by Crippen LogP contribution is -2.30. The van der Waals surface area contributed by atoms with Crippen molar-refractivity contribution in [1.29, 1.82) is 0 Å². The van der Waals surface area contributed by atoms with Gasteiger partial charge in [0.15, 0.2) is 0 Å². The summed E-state index contributed by atoms with van der Waals surface area (Å²) in [5, 5.41) is 3.36. The molecule has 0 saturated carbocycles. The van der Waals surface area contributed by atoms with Crippen LogP contribution in [0.5, 0.6) is 0 Å². The van der Waals surface area contributed by atoms with Crippen LogP contribution in [0.25, 0.3) is 0 Å². The van der Waals surface area contributed by atoms with Gasteiger partial charge >= 0.3 is 0 Å². The molecule has 0 unspecified atom stereocenters. The number of aryl methyl sites for hydroxylation is 1. The summed E-state index contributed by atoms with van der Waals surface area (Å²) in [5.74, 6) is 1.68. The van der Waals surface area contributed by atoms with Gasteiger partial charge in [-0.2, -0.15) is 0 Å². The number of nitrogens with one attached hydrogen (secondary N) is 1. The number of hydrogen-bond donors (Lipinski definition) is 2. The molecule has 2 heterocycles. The number of hydrogen-bond acceptors (Lipinski definition) is 4. The zero-order chi connectivity index (χ0) is 13.0. The van der Waals surface area contributed by atoms with Gasteiger partial charge in [-0.15, -0.1) is 0 Å². The Morgan fingerprint density at radius 2 is 2.11 bits per heavy atom. The van der Waals surface area contributed by atoms with Crippen LogP contribution in [0.3, 0.4) is 0 Å². The Hall–Kier alpha value is -1.29. The number of likely N-dealkylation sites (tertiary alicyclic amines) is 1. The van der Waals surface area contributed by atoms with E-state index in [4.69, 9.17) is 5.73 Å². The zero-order valence-electron chi connectivity index (χ0n) is 11.4. The Kier molecular flexibility index (Phi) is 4.42. The van der Waals surface area contributed by atoms with E-state index in [2.05, 4.69) is 22.2 Å². The molecule has 18 heavy (non-hydrogen) atoms. The first-order valence-corrected chi connectivity index (χ1v) is 6.80. The molecule has 1 aliphatic heterocycles. The summed E-state index contributed by atoms with van der Waals surface area (Å²) in [4.78, 5) is 6.83. The molecule has 0 spiro atoms. The van der Waals surface area contributed by atoms with Gasteiger partial charge in [0.2, 0.25) is 0 Å². The molecule has 1 aliphatic rings. The van der Waals surface area contributed by atoms with Crippen molar-refractivity contribution in [2.45, 2.75) is 26.2 Å². The first kappa shape index (κ1) is 13.1. The Morgan fingerprint density at radius 3 is 2.83 bits per heavy atom. The molecule has 1 aromatic heterocycles. The van der Waals surface area contributed by atoms with Crippen LogP contribution in [0, 0.1) is 12.8 Å². The summed E-state index contributed by atoms with van der Waals surface area (Å²) < 4.78 is 0. The van der Waals surface area contributed by atoms with Crippen molar-refractivity contribution in [3.63, 3.8) is 0 Å². The molecule has 3 N–H and O–H groups in total. The van der Waals surface area contributed by atoms with Gasteiger partial charge in [0, 0.05) is 12.2 Å². The highest BCUT2D eigenvalue weighted by molar-refractivity contribution is 5.61. The van der Waals surface area contributed by atoms with Crippen molar-refractivity contribution in [2.75, 3.05) is 37.7 Å².